The van der Waals surface area contributed by atoms with Gasteiger partial charge in [0.25, 0.3) is 11.7 Å². The largest absolute Gasteiger partial charge is 0.454 e. The Bertz CT molecular complexity index is 641. The molecule has 2 rings (SSSR count). The Hall–Kier alpha value is -1.83. The van der Waals surface area contributed by atoms with Crippen LogP contribution in [0.3, 0.4) is 0 Å². The van der Waals surface area contributed by atoms with Crippen molar-refractivity contribution in [1.82, 2.24) is 10.9 Å². The molecule has 1 aromatic carbocycles. The van der Waals surface area contributed by atoms with Crippen LogP contribution in [0.1, 0.15) is 29.6 Å². The molecule has 1 aromatic rings. The molecule has 1 aliphatic carbocycles. The fourth-order valence-electron chi connectivity index (χ4n) is 2.15. The van der Waals surface area contributed by atoms with Crippen LogP contribution < -0.4 is 10.9 Å². The Morgan fingerprint density at radius 3 is 2.45 bits per heavy atom. The number of allylic oxidation sites excluding steroid dienone is 2. The number of benzene rings is 1. The van der Waals surface area contributed by atoms with Crippen molar-refractivity contribution in [2.75, 3.05) is 0 Å². The molecule has 2 N–H and O–H groups in total. The van der Waals surface area contributed by atoms with E-state index in [-0.39, 0.29) is 24.1 Å². The van der Waals surface area contributed by atoms with E-state index in [0.29, 0.717) is 16.5 Å². The number of amides is 1. The van der Waals surface area contributed by atoms with Gasteiger partial charge in [0.05, 0.1) is 5.56 Å². The Morgan fingerprint density at radius 1 is 1.14 bits per heavy atom. The number of hydrogen-bond acceptors (Lipinski definition) is 3. The van der Waals surface area contributed by atoms with Gasteiger partial charge in [0.15, 0.2) is 0 Å². The number of alkyl halides is 3. The number of Topliss-reactive ketones (excluding diaryl/α,β-unsaturated/α-hetero) is 1. The molecule has 0 aromatic heterocycles. The molecule has 118 valence electrons. The van der Waals surface area contributed by atoms with Gasteiger partial charge < -0.3 is 5.43 Å². The molecule has 1 aliphatic rings. The lowest BCUT2D eigenvalue weighted by Crippen LogP contribution is -2.38. The van der Waals surface area contributed by atoms with Gasteiger partial charge >= 0.3 is 6.18 Å². The summed E-state index contributed by atoms with van der Waals surface area (Å²) in [5, 5.41) is 0. The van der Waals surface area contributed by atoms with Crippen molar-refractivity contribution in [3.63, 3.8) is 0 Å². The third-order valence-corrected chi connectivity index (χ3v) is 3.89. The van der Waals surface area contributed by atoms with Crippen LogP contribution in [0.15, 0.2) is 40.0 Å². The molecule has 0 atom stereocenters. The molecular formula is C14H12BrF3N2O2. The van der Waals surface area contributed by atoms with Gasteiger partial charge in [0.2, 0.25) is 0 Å². The van der Waals surface area contributed by atoms with Crippen LogP contribution >= 0.6 is 15.9 Å². The summed E-state index contributed by atoms with van der Waals surface area (Å²) in [5.74, 6) is -2.37. The molecule has 0 unspecified atom stereocenters. The van der Waals surface area contributed by atoms with Gasteiger partial charge in [-0.3, -0.25) is 15.0 Å². The van der Waals surface area contributed by atoms with Gasteiger partial charge in [-0.2, -0.15) is 13.2 Å². The highest BCUT2D eigenvalue weighted by atomic mass is 79.9. The molecule has 0 fully saturated rings. The highest BCUT2D eigenvalue weighted by Crippen LogP contribution is 2.30. The van der Waals surface area contributed by atoms with Crippen molar-refractivity contribution < 1.29 is 22.8 Å². The number of ketones is 1. The summed E-state index contributed by atoms with van der Waals surface area (Å²) in [6.07, 6.45) is -4.14. The van der Waals surface area contributed by atoms with Crippen molar-refractivity contribution in [2.24, 2.45) is 0 Å². The van der Waals surface area contributed by atoms with Crippen molar-refractivity contribution in [2.45, 2.75) is 25.4 Å². The lowest BCUT2D eigenvalue weighted by Gasteiger charge is -2.13. The molecule has 0 aliphatic heterocycles. The molecular weight excluding hydrogens is 365 g/mol. The first-order valence-electron chi connectivity index (χ1n) is 6.45. The highest BCUT2D eigenvalue weighted by molar-refractivity contribution is 9.10. The van der Waals surface area contributed by atoms with Crippen LogP contribution in [-0.4, -0.2) is 17.9 Å². The molecule has 0 radical (unpaired) electrons. The minimum atomic E-state index is -4.90. The lowest BCUT2D eigenvalue weighted by atomic mass is 10.1. The van der Waals surface area contributed by atoms with Crippen LogP contribution in [0, 0.1) is 0 Å². The summed E-state index contributed by atoms with van der Waals surface area (Å²) < 4.78 is 38.0. The Morgan fingerprint density at radius 2 is 1.82 bits per heavy atom. The van der Waals surface area contributed by atoms with Crippen LogP contribution in [0.25, 0.3) is 0 Å². The fourth-order valence-corrected chi connectivity index (χ4v) is 2.61. The van der Waals surface area contributed by atoms with Crippen LogP contribution in [0.4, 0.5) is 13.2 Å². The number of rotatable bonds is 4. The average Bonchev–Trinajstić information content (AvgIpc) is 2.91. The molecule has 0 saturated heterocycles. The maximum absolute atomic E-state index is 12.5. The second-order valence-electron chi connectivity index (χ2n) is 4.70. The third-order valence-electron chi connectivity index (χ3n) is 3.19. The Labute approximate surface area is 132 Å². The molecule has 0 bridgehead atoms. The highest BCUT2D eigenvalue weighted by Gasteiger charge is 2.42. The Kier molecular flexibility index (Phi) is 4.90. The van der Waals surface area contributed by atoms with E-state index in [9.17, 15) is 22.8 Å². The normalized spacial score (nSPS) is 14.9. The van der Waals surface area contributed by atoms with Gasteiger partial charge in [-0.15, -0.1) is 0 Å². The SMILES string of the molecule is O=C(NNC1=C(C(=O)C(F)(F)F)CCC1)c1ccccc1Br. The number of hydrogen-bond donors (Lipinski definition) is 2. The quantitative estimate of drug-likeness (QED) is 0.793. The number of carbonyl (C=O) groups is 2. The second kappa shape index (κ2) is 6.51. The molecule has 0 saturated carbocycles. The summed E-state index contributed by atoms with van der Waals surface area (Å²) in [6, 6.07) is 6.62. The van der Waals surface area contributed by atoms with Crippen molar-refractivity contribution in [1.29, 1.82) is 0 Å². The van der Waals surface area contributed by atoms with E-state index in [4.69, 9.17) is 0 Å². The third kappa shape index (κ3) is 3.68. The molecule has 1 amide bonds. The first-order valence-corrected chi connectivity index (χ1v) is 7.24. The van der Waals surface area contributed by atoms with Gasteiger partial charge in [-0.05, 0) is 47.3 Å². The summed E-state index contributed by atoms with van der Waals surface area (Å²) in [4.78, 5) is 23.3. The fraction of sp³-hybridized carbons (Fsp3) is 0.286. The summed E-state index contributed by atoms with van der Waals surface area (Å²) >= 11 is 3.21. The zero-order chi connectivity index (χ0) is 16.3. The predicted molar refractivity (Wildman–Crippen MR) is 76.7 cm³/mol. The van der Waals surface area contributed by atoms with Gasteiger partial charge in [-0.1, -0.05) is 12.1 Å². The zero-order valence-electron chi connectivity index (χ0n) is 11.3. The molecule has 4 nitrogen and oxygen atoms in total. The number of hydrazine groups is 1. The monoisotopic (exact) mass is 376 g/mol. The summed E-state index contributed by atoms with van der Waals surface area (Å²) in [6.45, 7) is 0. The number of halogens is 4. The maximum atomic E-state index is 12.5. The zero-order valence-corrected chi connectivity index (χ0v) is 12.8. The number of carbonyl (C=O) groups excluding carboxylic acids is 2. The minimum Gasteiger partial charge on any atom is -0.302 e. The van der Waals surface area contributed by atoms with E-state index in [2.05, 4.69) is 26.8 Å². The van der Waals surface area contributed by atoms with E-state index in [0.717, 1.165) is 0 Å². The molecule has 0 heterocycles. The second-order valence-corrected chi connectivity index (χ2v) is 5.55. The van der Waals surface area contributed by atoms with E-state index in [1.54, 1.807) is 24.3 Å². The standard InChI is InChI=1S/C14H12BrF3N2O2/c15-10-6-2-1-4-8(10)13(22)20-19-11-7-3-5-9(11)12(21)14(16,17)18/h1-2,4,6,19H,3,5,7H2,(H,20,22). The molecule has 22 heavy (non-hydrogen) atoms. The molecule has 8 heteroatoms. The van der Waals surface area contributed by atoms with Crippen molar-refractivity contribution >= 4 is 27.6 Å². The van der Waals surface area contributed by atoms with Gasteiger partial charge in [0.1, 0.15) is 0 Å². The van der Waals surface area contributed by atoms with Crippen LogP contribution in [0.5, 0.6) is 0 Å². The minimum absolute atomic E-state index is 0.0472. The summed E-state index contributed by atoms with van der Waals surface area (Å²) in [7, 11) is 0. The first kappa shape index (κ1) is 16.5. The molecule has 0 spiro atoms. The maximum Gasteiger partial charge on any atom is 0.454 e. The van der Waals surface area contributed by atoms with E-state index < -0.39 is 17.9 Å². The van der Waals surface area contributed by atoms with Crippen molar-refractivity contribution in [3.05, 3.63) is 45.6 Å². The Balaban J connectivity index is 2.09. The van der Waals surface area contributed by atoms with E-state index in [1.807, 2.05) is 0 Å². The van der Waals surface area contributed by atoms with Crippen LogP contribution in [0.2, 0.25) is 0 Å². The van der Waals surface area contributed by atoms with E-state index in [1.165, 1.54) is 0 Å². The topological polar surface area (TPSA) is 58.2 Å². The van der Waals surface area contributed by atoms with Gasteiger partial charge in [0, 0.05) is 15.7 Å². The van der Waals surface area contributed by atoms with Crippen LogP contribution in [-0.2, 0) is 4.79 Å². The van der Waals surface area contributed by atoms with Gasteiger partial charge in [-0.25, -0.2) is 0 Å². The number of nitrogens with one attached hydrogen (secondary N) is 2. The lowest BCUT2D eigenvalue weighted by molar-refractivity contribution is -0.166. The van der Waals surface area contributed by atoms with E-state index >= 15 is 0 Å². The first-order chi connectivity index (χ1) is 10.3. The summed E-state index contributed by atoms with van der Waals surface area (Å²) in [5.41, 5.74) is 4.90. The predicted octanol–water partition coefficient (Wildman–Crippen LogP) is 3.25. The van der Waals surface area contributed by atoms with Crippen molar-refractivity contribution in [3.8, 4) is 0 Å². The average molecular weight is 377 g/mol. The smallest absolute Gasteiger partial charge is 0.302 e.